The third kappa shape index (κ3) is 2.48. The lowest BCUT2D eigenvalue weighted by atomic mass is 10.3. The minimum absolute atomic E-state index is 0.246. The van der Waals surface area contributed by atoms with E-state index in [9.17, 15) is 4.79 Å². The van der Waals surface area contributed by atoms with E-state index in [0.717, 1.165) is 11.4 Å². The molecule has 0 unspecified atom stereocenters. The van der Waals surface area contributed by atoms with Crippen LogP contribution in [0.25, 0.3) is 0 Å². The number of carbonyl (C=O) groups is 1. The van der Waals surface area contributed by atoms with Gasteiger partial charge in [0, 0.05) is 12.7 Å². The largest absolute Gasteiger partial charge is 0.383 e. The number of hydrogen-bond donors (Lipinski definition) is 2. The van der Waals surface area contributed by atoms with Crippen molar-refractivity contribution >= 4 is 11.7 Å². The van der Waals surface area contributed by atoms with Crippen molar-refractivity contribution in [3.63, 3.8) is 0 Å². The number of rotatable bonds is 3. The van der Waals surface area contributed by atoms with Gasteiger partial charge in [0.2, 0.25) is 0 Å². The van der Waals surface area contributed by atoms with Gasteiger partial charge in [-0.05, 0) is 19.1 Å². The molecule has 94 valence electrons. The van der Waals surface area contributed by atoms with Crippen LogP contribution in [0.2, 0.25) is 0 Å². The van der Waals surface area contributed by atoms with E-state index in [1.54, 1.807) is 7.05 Å². The lowest BCUT2D eigenvalue weighted by Gasteiger charge is -2.05. The summed E-state index contributed by atoms with van der Waals surface area (Å²) in [6.07, 6.45) is 1.45. The first-order chi connectivity index (χ1) is 8.58. The maximum Gasteiger partial charge on any atom is 0.256 e. The minimum atomic E-state index is -0.246. The van der Waals surface area contributed by atoms with Gasteiger partial charge in [0.05, 0.1) is 18.4 Å². The Bertz CT molecular complexity index is 576. The Labute approximate surface area is 105 Å². The normalized spacial score (nSPS) is 10.3. The number of hydrogen-bond acceptors (Lipinski definition) is 4. The van der Waals surface area contributed by atoms with E-state index in [0.29, 0.717) is 17.9 Å². The maximum atomic E-state index is 11.9. The van der Waals surface area contributed by atoms with Crippen molar-refractivity contribution in [1.82, 2.24) is 20.1 Å². The Balaban J connectivity index is 2.03. The Morgan fingerprint density at radius 1 is 1.50 bits per heavy atom. The molecular formula is C12H15N5O. The topological polar surface area (TPSA) is 85.8 Å². The molecule has 6 heteroatoms. The van der Waals surface area contributed by atoms with E-state index in [1.807, 2.05) is 25.1 Å². The van der Waals surface area contributed by atoms with Gasteiger partial charge in [0.1, 0.15) is 11.4 Å². The molecule has 0 fully saturated rings. The predicted molar refractivity (Wildman–Crippen MR) is 67.8 cm³/mol. The summed E-state index contributed by atoms with van der Waals surface area (Å²) in [6, 6.07) is 5.67. The maximum absolute atomic E-state index is 11.9. The Morgan fingerprint density at radius 3 is 2.89 bits per heavy atom. The van der Waals surface area contributed by atoms with Crippen molar-refractivity contribution in [3.05, 3.63) is 41.3 Å². The van der Waals surface area contributed by atoms with Crippen LogP contribution in [-0.2, 0) is 13.6 Å². The Morgan fingerprint density at radius 2 is 2.28 bits per heavy atom. The van der Waals surface area contributed by atoms with Gasteiger partial charge in [-0.15, -0.1) is 0 Å². The van der Waals surface area contributed by atoms with Crippen LogP contribution in [-0.4, -0.2) is 20.7 Å². The SMILES string of the molecule is Cc1cccc(CNC(=O)c2cnn(C)c2N)n1. The van der Waals surface area contributed by atoms with Gasteiger partial charge in [-0.3, -0.25) is 14.5 Å². The highest BCUT2D eigenvalue weighted by molar-refractivity contribution is 5.98. The van der Waals surface area contributed by atoms with E-state index >= 15 is 0 Å². The third-order valence-corrected chi connectivity index (χ3v) is 2.61. The molecule has 0 spiro atoms. The molecule has 6 nitrogen and oxygen atoms in total. The van der Waals surface area contributed by atoms with E-state index < -0.39 is 0 Å². The number of carbonyl (C=O) groups excluding carboxylic acids is 1. The molecule has 0 saturated carbocycles. The Hall–Kier alpha value is -2.37. The zero-order valence-corrected chi connectivity index (χ0v) is 10.3. The number of anilines is 1. The molecule has 2 aromatic heterocycles. The first kappa shape index (κ1) is 12.1. The fraction of sp³-hybridized carbons (Fsp3) is 0.250. The van der Waals surface area contributed by atoms with Gasteiger partial charge in [-0.25, -0.2) is 0 Å². The molecule has 1 amide bonds. The number of aryl methyl sites for hydroxylation is 2. The van der Waals surface area contributed by atoms with Crippen molar-refractivity contribution in [2.24, 2.45) is 7.05 Å². The molecule has 2 aromatic rings. The number of nitrogens with zero attached hydrogens (tertiary/aromatic N) is 3. The van der Waals surface area contributed by atoms with E-state index in [2.05, 4.69) is 15.4 Å². The van der Waals surface area contributed by atoms with Crippen molar-refractivity contribution in [1.29, 1.82) is 0 Å². The van der Waals surface area contributed by atoms with Gasteiger partial charge in [-0.1, -0.05) is 6.07 Å². The molecule has 0 atom stereocenters. The molecule has 0 aliphatic carbocycles. The monoisotopic (exact) mass is 245 g/mol. The highest BCUT2D eigenvalue weighted by Gasteiger charge is 2.13. The fourth-order valence-electron chi connectivity index (χ4n) is 1.59. The van der Waals surface area contributed by atoms with Crippen molar-refractivity contribution in [3.8, 4) is 0 Å². The second-order valence-corrected chi connectivity index (χ2v) is 4.02. The summed E-state index contributed by atoms with van der Waals surface area (Å²) < 4.78 is 1.46. The number of pyridine rings is 1. The summed E-state index contributed by atoms with van der Waals surface area (Å²) in [5.74, 6) is 0.105. The van der Waals surface area contributed by atoms with Crippen molar-refractivity contribution in [2.45, 2.75) is 13.5 Å². The van der Waals surface area contributed by atoms with Crippen LogP contribution < -0.4 is 11.1 Å². The number of nitrogens with two attached hydrogens (primary N) is 1. The molecule has 3 N–H and O–H groups in total. The molecule has 2 rings (SSSR count). The fourth-order valence-corrected chi connectivity index (χ4v) is 1.59. The van der Waals surface area contributed by atoms with Crippen LogP contribution in [0.15, 0.2) is 24.4 Å². The highest BCUT2D eigenvalue weighted by Crippen LogP contribution is 2.09. The quantitative estimate of drug-likeness (QED) is 0.830. The summed E-state index contributed by atoms with van der Waals surface area (Å²) in [5.41, 5.74) is 7.83. The molecule has 0 aromatic carbocycles. The minimum Gasteiger partial charge on any atom is -0.383 e. The number of aromatic nitrogens is 3. The number of amides is 1. The molecule has 0 aliphatic rings. The summed E-state index contributed by atoms with van der Waals surface area (Å²) >= 11 is 0. The van der Waals surface area contributed by atoms with Crippen LogP contribution in [0.5, 0.6) is 0 Å². The van der Waals surface area contributed by atoms with Gasteiger partial charge in [0.25, 0.3) is 5.91 Å². The standard InChI is InChI=1S/C12H15N5O/c1-8-4-3-5-9(16-8)6-14-12(18)10-7-15-17(2)11(10)13/h3-5,7H,6,13H2,1-2H3,(H,14,18). The summed E-state index contributed by atoms with van der Waals surface area (Å²) in [6.45, 7) is 2.28. The van der Waals surface area contributed by atoms with E-state index in [-0.39, 0.29) is 5.91 Å². The molecular weight excluding hydrogens is 230 g/mol. The van der Waals surface area contributed by atoms with E-state index in [1.165, 1.54) is 10.9 Å². The van der Waals surface area contributed by atoms with Crippen molar-refractivity contribution < 1.29 is 4.79 Å². The summed E-state index contributed by atoms with van der Waals surface area (Å²) in [5, 5.41) is 6.68. The molecule has 0 bridgehead atoms. The van der Waals surface area contributed by atoms with Crippen LogP contribution in [0.4, 0.5) is 5.82 Å². The average Bonchev–Trinajstić information content (AvgIpc) is 2.67. The first-order valence-electron chi connectivity index (χ1n) is 5.56. The van der Waals surface area contributed by atoms with Gasteiger partial charge in [0.15, 0.2) is 0 Å². The molecule has 0 saturated heterocycles. The number of nitrogens with one attached hydrogen (secondary N) is 1. The molecule has 0 radical (unpaired) electrons. The van der Waals surface area contributed by atoms with Crippen molar-refractivity contribution in [2.75, 3.05) is 5.73 Å². The average molecular weight is 245 g/mol. The first-order valence-corrected chi connectivity index (χ1v) is 5.56. The van der Waals surface area contributed by atoms with Gasteiger partial charge < -0.3 is 11.1 Å². The molecule has 0 aliphatic heterocycles. The Kier molecular flexibility index (Phi) is 3.27. The van der Waals surface area contributed by atoms with Gasteiger partial charge >= 0.3 is 0 Å². The summed E-state index contributed by atoms with van der Waals surface area (Å²) in [7, 11) is 1.69. The lowest BCUT2D eigenvalue weighted by molar-refractivity contribution is 0.0951. The van der Waals surface area contributed by atoms with E-state index in [4.69, 9.17) is 5.73 Å². The smallest absolute Gasteiger partial charge is 0.256 e. The highest BCUT2D eigenvalue weighted by atomic mass is 16.1. The predicted octanol–water partition coefficient (Wildman–Crippen LogP) is 0.636. The lowest BCUT2D eigenvalue weighted by Crippen LogP contribution is -2.24. The van der Waals surface area contributed by atoms with Crippen LogP contribution >= 0.6 is 0 Å². The van der Waals surface area contributed by atoms with Crippen LogP contribution in [0.1, 0.15) is 21.7 Å². The number of nitrogen functional groups attached to an aromatic ring is 1. The second-order valence-electron chi connectivity index (χ2n) is 4.02. The van der Waals surface area contributed by atoms with Crippen LogP contribution in [0.3, 0.4) is 0 Å². The van der Waals surface area contributed by atoms with Crippen LogP contribution in [0, 0.1) is 6.92 Å². The molecule has 18 heavy (non-hydrogen) atoms. The second kappa shape index (κ2) is 4.87. The van der Waals surface area contributed by atoms with Gasteiger partial charge in [-0.2, -0.15) is 5.10 Å². The zero-order chi connectivity index (χ0) is 13.1. The zero-order valence-electron chi connectivity index (χ0n) is 10.3. The summed E-state index contributed by atoms with van der Waals surface area (Å²) in [4.78, 5) is 16.2. The molecule has 2 heterocycles. The third-order valence-electron chi connectivity index (χ3n) is 2.61.